The highest BCUT2D eigenvalue weighted by molar-refractivity contribution is 9.11. The molecule has 23 heavy (non-hydrogen) atoms. The molecule has 0 aliphatic carbocycles. The van der Waals surface area contributed by atoms with Crippen LogP contribution in [0, 0.1) is 5.41 Å². The number of carbonyl (C=O) groups is 1. The summed E-state index contributed by atoms with van der Waals surface area (Å²) in [6.07, 6.45) is 0.392. The van der Waals surface area contributed by atoms with Crippen molar-refractivity contribution in [2.75, 3.05) is 13.2 Å². The van der Waals surface area contributed by atoms with E-state index >= 15 is 0 Å². The normalized spacial score (nSPS) is 20.1. The van der Waals surface area contributed by atoms with Gasteiger partial charge in [0.05, 0.1) is 22.1 Å². The quantitative estimate of drug-likeness (QED) is 0.725. The van der Waals surface area contributed by atoms with Crippen LogP contribution in [-0.4, -0.2) is 24.1 Å². The Labute approximate surface area is 155 Å². The number of Topliss-reactive ketones (excluding diaryl/α,β-unsaturated/α-hetero) is 1. The number of hydrogen-bond donors (Lipinski definition) is 1. The van der Waals surface area contributed by atoms with E-state index in [2.05, 4.69) is 31.9 Å². The fourth-order valence-corrected chi connectivity index (χ4v) is 4.20. The molecule has 0 spiro atoms. The number of rotatable bonds is 3. The number of fused-ring (bicyclic) bond motifs is 1. The van der Waals surface area contributed by atoms with E-state index in [9.17, 15) is 9.90 Å². The maximum absolute atomic E-state index is 13.0. The second kappa shape index (κ2) is 6.55. The number of benzene rings is 2. The van der Waals surface area contributed by atoms with E-state index in [1.807, 2.05) is 18.2 Å². The molecule has 0 unspecified atom stereocenters. The minimum atomic E-state index is -0.985. The predicted octanol–water partition coefficient (Wildman–Crippen LogP) is 4.66. The van der Waals surface area contributed by atoms with Crippen molar-refractivity contribution in [1.29, 1.82) is 0 Å². The Morgan fingerprint density at radius 1 is 1.22 bits per heavy atom. The Balaban J connectivity index is 2.00. The van der Waals surface area contributed by atoms with Gasteiger partial charge < -0.3 is 9.84 Å². The fraction of sp³-hybridized carbons (Fsp3) is 0.235. The van der Waals surface area contributed by atoms with E-state index in [4.69, 9.17) is 16.3 Å². The summed E-state index contributed by atoms with van der Waals surface area (Å²) in [6.45, 7) is -0.143. The first-order chi connectivity index (χ1) is 10.9. The lowest BCUT2D eigenvalue weighted by atomic mass is 9.75. The van der Waals surface area contributed by atoms with Crippen LogP contribution in [0.5, 0.6) is 5.75 Å². The van der Waals surface area contributed by atoms with Crippen molar-refractivity contribution in [1.82, 2.24) is 0 Å². The second-order valence-electron chi connectivity index (χ2n) is 5.62. The van der Waals surface area contributed by atoms with Crippen molar-refractivity contribution >= 4 is 49.2 Å². The molecule has 0 bridgehead atoms. The highest BCUT2D eigenvalue weighted by atomic mass is 79.9. The molecular formula is C17H13Br2ClO3. The van der Waals surface area contributed by atoms with Crippen LogP contribution >= 0.6 is 43.5 Å². The molecule has 0 amide bonds. The van der Waals surface area contributed by atoms with E-state index in [0.29, 0.717) is 27.2 Å². The highest BCUT2D eigenvalue weighted by Gasteiger charge is 2.44. The van der Waals surface area contributed by atoms with Crippen molar-refractivity contribution in [3.63, 3.8) is 0 Å². The smallest absolute Gasteiger partial charge is 0.178 e. The average Bonchev–Trinajstić information content (AvgIpc) is 2.53. The molecule has 3 nitrogen and oxygen atoms in total. The fourth-order valence-electron chi connectivity index (χ4n) is 2.73. The summed E-state index contributed by atoms with van der Waals surface area (Å²) >= 11 is 12.7. The van der Waals surface area contributed by atoms with Gasteiger partial charge in [-0.1, -0.05) is 39.7 Å². The summed E-state index contributed by atoms with van der Waals surface area (Å²) in [6, 6.07) is 10.8. The van der Waals surface area contributed by atoms with Gasteiger partial charge in [0.2, 0.25) is 0 Å². The first kappa shape index (κ1) is 17.0. The summed E-state index contributed by atoms with van der Waals surface area (Å²) in [7, 11) is 0. The molecule has 0 saturated heterocycles. The number of halogens is 3. The van der Waals surface area contributed by atoms with Gasteiger partial charge in [0.25, 0.3) is 0 Å². The molecular weight excluding hydrogens is 447 g/mol. The first-order valence-corrected chi connectivity index (χ1v) is 8.93. The second-order valence-corrected chi connectivity index (χ2v) is 7.83. The van der Waals surface area contributed by atoms with Crippen LogP contribution in [0.4, 0.5) is 0 Å². The van der Waals surface area contributed by atoms with Gasteiger partial charge in [-0.25, -0.2) is 0 Å². The van der Waals surface area contributed by atoms with Gasteiger partial charge >= 0.3 is 0 Å². The van der Waals surface area contributed by atoms with Crippen LogP contribution in [0.1, 0.15) is 15.9 Å². The Kier molecular flexibility index (Phi) is 4.83. The third-order valence-corrected chi connectivity index (χ3v) is 5.28. The highest BCUT2D eigenvalue weighted by Crippen LogP contribution is 2.42. The van der Waals surface area contributed by atoms with E-state index in [1.54, 1.807) is 18.2 Å². The molecule has 0 aromatic heterocycles. The number of ketones is 1. The largest absolute Gasteiger partial charge is 0.490 e. The van der Waals surface area contributed by atoms with Crippen molar-refractivity contribution < 1.29 is 14.6 Å². The third-order valence-electron chi connectivity index (χ3n) is 3.99. The average molecular weight is 461 g/mol. The first-order valence-electron chi connectivity index (χ1n) is 6.97. The Bertz CT molecular complexity index is 761. The number of hydrogen-bond acceptors (Lipinski definition) is 3. The molecule has 2 aromatic carbocycles. The maximum Gasteiger partial charge on any atom is 0.178 e. The lowest BCUT2D eigenvalue weighted by Gasteiger charge is -2.35. The molecule has 0 saturated carbocycles. The molecule has 1 heterocycles. The van der Waals surface area contributed by atoms with Gasteiger partial charge in [-0.2, -0.15) is 0 Å². The molecule has 3 rings (SSSR count). The lowest BCUT2D eigenvalue weighted by molar-refractivity contribution is 0.0380. The molecule has 1 aliphatic heterocycles. The van der Waals surface area contributed by atoms with E-state index in [-0.39, 0.29) is 19.0 Å². The van der Waals surface area contributed by atoms with Crippen LogP contribution in [0.3, 0.4) is 0 Å². The summed E-state index contributed by atoms with van der Waals surface area (Å²) in [4.78, 5) is 13.0. The van der Waals surface area contributed by atoms with Gasteiger partial charge in [-0.3, -0.25) is 4.79 Å². The molecule has 0 radical (unpaired) electrons. The Morgan fingerprint density at radius 2 is 1.91 bits per heavy atom. The van der Waals surface area contributed by atoms with Gasteiger partial charge in [-0.05, 0) is 52.2 Å². The number of ether oxygens (including phenoxy) is 1. The van der Waals surface area contributed by atoms with Crippen LogP contribution in [0.25, 0.3) is 0 Å². The monoisotopic (exact) mass is 458 g/mol. The molecule has 6 heteroatoms. The maximum atomic E-state index is 13.0. The summed E-state index contributed by atoms with van der Waals surface area (Å²) < 4.78 is 7.30. The van der Waals surface area contributed by atoms with Gasteiger partial charge in [-0.15, -0.1) is 0 Å². The van der Waals surface area contributed by atoms with E-state index in [1.165, 1.54) is 0 Å². The van der Waals surface area contributed by atoms with E-state index in [0.717, 1.165) is 10.0 Å². The lowest BCUT2D eigenvalue weighted by Crippen LogP contribution is -2.45. The zero-order chi connectivity index (χ0) is 16.6. The van der Waals surface area contributed by atoms with Crippen molar-refractivity contribution in [3.8, 4) is 5.75 Å². The van der Waals surface area contributed by atoms with Crippen LogP contribution in [0.15, 0.2) is 45.3 Å². The van der Waals surface area contributed by atoms with Crippen molar-refractivity contribution in [3.05, 3.63) is 61.5 Å². The minimum absolute atomic E-state index is 0.113. The SMILES string of the molecule is O=C1c2cc(Br)cc(Br)c2OC[C@]1(CO)Cc1ccc(Cl)cc1. The Morgan fingerprint density at radius 3 is 2.57 bits per heavy atom. The zero-order valence-corrected chi connectivity index (χ0v) is 15.9. The summed E-state index contributed by atoms with van der Waals surface area (Å²) in [5, 5.41) is 10.6. The molecule has 120 valence electrons. The molecule has 0 fully saturated rings. The van der Waals surface area contributed by atoms with Gasteiger partial charge in [0, 0.05) is 9.50 Å². The number of aliphatic hydroxyl groups excluding tert-OH is 1. The Hall–Kier alpha value is -0.880. The zero-order valence-electron chi connectivity index (χ0n) is 12.0. The van der Waals surface area contributed by atoms with Crippen LogP contribution in [0.2, 0.25) is 5.02 Å². The van der Waals surface area contributed by atoms with Crippen LogP contribution in [-0.2, 0) is 6.42 Å². The molecule has 2 aromatic rings. The van der Waals surface area contributed by atoms with E-state index < -0.39 is 5.41 Å². The molecule has 1 aliphatic rings. The molecule has 1 atom stereocenters. The third kappa shape index (κ3) is 3.20. The van der Waals surface area contributed by atoms with Crippen molar-refractivity contribution in [2.24, 2.45) is 5.41 Å². The minimum Gasteiger partial charge on any atom is -0.490 e. The van der Waals surface area contributed by atoms with Crippen molar-refractivity contribution in [2.45, 2.75) is 6.42 Å². The summed E-state index contributed by atoms with van der Waals surface area (Å²) in [5.41, 5.74) is 0.416. The number of carbonyl (C=O) groups excluding carboxylic acids is 1. The molecule has 1 N–H and O–H groups in total. The summed E-state index contributed by atoms with van der Waals surface area (Å²) in [5.74, 6) is 0.414. The van der Waals surface area contributed by atoms with Crippen LogP contribution < -0.4 is 4.74 Å². The standard InChI is InChI=1S/C17H13Br2ClO3/c18-11-5-13-15(14(19)6-11)23-9-17(8-21,16(13)22)7-10-1-3-12(20)4-2-10/h1-6,21H,7-9H2/t17-/m1/s1. The topological polar surface area (TPSA) is 46.5 Å². The predicted molar refractivity (Wildman–Crippen MR) is 96.3 cm³/mol. The van der Waals surface area contributed by atoms with Gasteiger partial charge in [0.15, 0.2) is 5.78 Å². The van der Waals surface area contributed by atoms with Gasteiger partial charge in [0.1, 0.15) is 12.4 Å². The number of aliphatic hydroxyl groups is 1.